The fourth-order valence-electron chi connectivity index (χ4n) is 3.27. The molecule has 0 unspecified atom stereocenters. The summed E-state index contributed by atoms with van der Waals surface area (Å²) in [5.74, 6) is 0.0576. The van der Waals surface area contributed by atoms with Crippen LogP contribution in [0.2, 0.25) is 0 Å². The summed E-state index contributed by atoms with van der Waals surface area (Å²) in [6.45, 7) is 3.86. The third-order valence-corrected chi connectivity index (χ3v) is 4.87. The molecule has 0 saturated carbocycles. The predicted octanol–water partition coefficient (Wildman–Crippen LogP) is 4.22. The molecule has 1 aromatic rings. The van der Waals surface area contributed by atoms with Gasteiger partial charge in [-0.2, -0.15) is 0 Å². The van der Waals surface area contributed by atoms with Gasteiger partial charge in [0.1, 0.15) is 0 Å². The Morgan fingerprint density at radius 3 is 2.62 bits per heavy atom. The predicted molar refractivity (Wildman–Crippen MR) is 117 cm³/mol. The number of allylic oxidation sites excluding steroid dienone is 4. The van der Waals surface area contributed by atoms with Crippen LogP contribution in [0.5, 0.6) is 0 Å². The van der Waals surface area contributed by atoms with Crippen molar-refractivity contribution in [2.24, 2.45) is 0 Å². The first kappa shape index (κ1) is 22.8. The van der Waals surface area contributed by atoms with Crippen LogP contribution in [0.4, 0.5) is 0 Å². The molecule has 0 bridgehead atoms. The summed E-state index contributed by atoms with van der Waals surface area (Å²) in [7, 11) is 0. The van der Waals surface area contributed by atoms with Gasteiger partial charge in [0, 0.05) is 44.1 Å². The van der Waals surface area contributed by atoms with Gasteiger partial charge in [-0.25, -0.2) is 0 Å². The molecule has 29 heavy (non-hydrogen) atoms. The average Bonchev–Trinajstić information content (AvgIpc) is 3.27. The normalized spacial score (nSPS) is 13.9. The molecular weight excluding hydrogens is 362 g/mol. The minimum absolute atomic E-state index is 0.0576. The largest absolute Gasteiger partial charge is 0.396 e. The molecule has 1 aliphatic rings. The summed E-state index contributed by atoms with van der Waals surface area (Å²) in [4.78, 5) is 23.9. The van der Waals surface area contributed by atoms with Gasteiger partial charge in [-0.3, -0.25) is 14.8 Å². The Bertz CT molecular complexity index is 752. The first-order valence-corrected chi connectivity index (χ1v) is 10.6. The maximum Gasteiger partial charge on any atom is 0.253 e. The number of hydrogen-bond donors (Lipinski definition) is 1. The molecular formula is C24H33N3O2. The lowest BCUT2D eigenvalue weighted by Crippen LogP contribution is -2.27. The third kappa shape index (κ3) is 8.16. The number of carbonyl (C=O) groups is 1. The molecule has 5 heteroatoms. The van der Waals surface area contributed by atoms with Crippen LogP contribution >= 0.6 is 0 Å². The smallest absolute Gasteiger partial charge is 0.253 e. The van der Waals surface area contributed by atoms with Crippen LogP contribution in [-0.4, -0.2) is 45.6 Å². The number of aliphatic hydroxyl groups excluding tert-OH is 1. The van der Waals surface area contributed by atoms with Gasteiger partial charge in [0.2, 0.25) is 0 Å². The number of aliphatic hydroxyl groups is 1. The van der Waals surface area contributed by atoms with Gasteiger partial charge >= 0.3 is 0 Å². The molecule has 0 atom stereocenters. The van der Waals surface area contributed by atoms with Crippen LogP contribution in [0.25, 0.3) is 0 Å². The van der Waals surface area contributed by atoms with Crippen molar-refractivity contribution in [2.45, 2.75) is 51.9 Å². The molecule has 0 radical (unpaired) electrons. The second-order valence-electron chi connectivity index (χ2n) is 7.12. The van der Waals surface area contributed by atoms with Crippen LogP contribution in [0.1, 0.15) is 60.8 Å². The number of nitrogens with zero attached hydrogens (tertiary/aromatic N) is 3. The zero-order valence-electron chi connectivity index (χ0n) is 17.5. The van der Waals surface area contributed by atoms with Gasteiger partial charge < -0.3 is 10.0 Å². The van der Waals surface area contributed by atoms with E-state index in [2.05, 4.69) is 16.0 Å². The third-order valence-electron chi connectivity index (χ3n) is 4.87. The lowest BCUT2D eigenvalue weighted by atomic mass is 10.1. The quantitative estimate of drug-likeness (QED) is 0.502. The Morgan fingerprint density at radius 2 is 1.86 bits per heavy atom. The summed E-state index contributed by atoms with van der Waals surface area (Å²) in [6.07, 6.45) is 17.9. The van der Waals surface area contributed by atoms with Gasteiger partial charge in [-0.05, 0) is 57.2 Å². The van der Waals surface area contributed by atoms with Gasteiger partial charge in [0.15, 0.2) is 0 Å². The number of likely N-dealkylation sites (tertiary alicyclic amines) is 1. The Kier molecular flexibility index (Phi) is 10.7. The molecule has 1 aliphatic heterocycles. The fraction of sp³-hybridized carbons (Fsp3) is 0.458. The Balaban J connectivity index is 2.29. The number of hydrogen-bond acceptors (Lipinski definition) is 4. The van der Waals surface area contributed by atoms with Crippen molar-refractivity contribution < 1.29 is 9.90 Å². The van der Waals surface area contributed by atoms with Crippen molar-refractivity contribution in [3.63, 3.8) is 0 Å². The molecule has 156 valence electrons. The monoisotopic (exact) mass is 395 g/mol. The fourth-order valence-corrected chi connectivity index (χ4v) is 3.27. The number of unbranched alkanes of at least 4 members (excludes halogenated alkanes) is 2. The van der Waals surface area contributed by atoms with Crippen molar-refractivity contribution in [3.8, 4) is 0 Å². The molecule has 1 saturated heterocycles. The highest BCUT2D eigenvalue weighted by Gasteiger charge is 2.18. The van der Waals surface area contributed by atoms with E-state index < -0.39 is 0 Å². The second kappa shape index (κ2) is 13.6. The Hall–Kier alpha value is -2.53. The van der Waals surface area contributed by atoms with Crippen LogP contribution in [0.3, 0.4) is 0 Å². The van der Waals surface area contributed by atoms with E-state index in [4.69, 9.17) is 5.11 Å². The molecule has 0 aliphatic carbocycles. The maximum absolute atomic E-state index is 12.7. The van der Waals surface area contributed by atoms with Crippen molar-refractivity contribution >= 4 is 5.91 Å². The van der Waals surface area contributed by atoms with Crippen molar-refractivity contribution in [1.29, 1.82) is 0 Å². The van der Waals surface area contributed by atoms with Crippen LogP contribution < -0.4 is 0 Å². The van der Waals surface area contributed by atoms with Crippen LogP contribution in [-0.2, 0) is 12.8 Å². The zero-order chi connectivity index (χ0) is 20.7. The van der Waals surface area contributed by atoms with E-state index in [-0.39, 0.29) is 12.5 Å². The van der Waals surface area contributed by atoms with Gasteiger partial charge in [0.05, 0.1) is 11.4 Å². The van der Waals surface area contributed by atoms with Gasteiger partial charge in [-0.1, -0.05) is 30.7 Å². The first-order chi connectivity index (χ1) is 14.3. The number of aryl methyl sites for hydroxylation is 1. The molecule has 0 spiro atoms. The van der Waals surface area contributed by atoms with E-state index >= 15 is 0 Å². The molecule has 5 nitrogen and oxygen atoms in total. The second-order valence-corrected chi connectivity index (χ2v) is 7.12. The first-order valence-electron chi connectivity index (χ1n) is 10.6. The summed E-state index contributed by atoms with van der Waals surface area (Å²) in [6, 6.07) is 5.45. The highest BCUT2D eigenvalue weighted by Crippen LogP contribution is 2.12. The molecule has 2 heterocycles. The summed E-state index contributed by atoms with van der Waals surface area (Å²) in [5, 5.41) is 9.01. The van der Waals surface area contributed by atoms with Crippen LogP contribution in [0.15, 0.2) is 54.9 Å². The van der Waals surface area contributed by atoms with E-state index in [0.29, 0.717) is 12.0 Å². The molecule has 1 amide bonds. The van der Waals surface area contributed by atoms with Gasteiger partial charge in [0.25, 0.3) is 5.91 Å². The molecule has 1 fully saturated rings. The SMILES string of the molecule is C/C=C\C=C/Cc1ncccc(C(=O)N2CCCC2)ccnc1CCCCCO. The van der Waals surface area contributed by atoms with Crippen LogP contribution in [0, 0.1) is 0 Å². The maximum atomic E-state index is 12.7. The van der Waals surface area contributed by atoms with E-state index in [0.717, 1.165) is 63.0 Å². The topological polar surface area (TPSA) is 66.3 Å². The summed E-state index contributed by atoms with van der Waals surface area (Å²) in [5.41, 5.74) is 2.50. The lowest BCUT2D eigenvalue weighted by Gasteiger charge is -2.14. The standard InChI is InChI=1S/C24H33N3O2/c1-2-3-4-6-13-22-23(14-7-5-10-20-28)26-17-15-21(12-11-16-25-22)24(29)27-18-8-9-19-27/h2-4,6,11-12,15-17,28H,5,7-10,13-14,18-20H2,1H3/b3-2-,6-4-,12-11?,16-11?,17-15?,21-12?,21-15?,23-22?,25-16?,25-22?,26-17?,26-23?. The minimum atomic E-state index is 0.0576. The number of rotatable bonds is 9. The number of aromatic nitrogens is 2. The summed E-state index contributed by atoms with van der Waals surface area (Å²) < 4.78 is 0. The Labute approximate surface area is 174 Å². The van der Waals surface area contributed by atoms with Gasteiger partial charge in [-0.15, -0.1) is 0 Å². The van der Waals surface area contributed by atoms with E-state index in [1.54, 1.807) is 18.5 Å². The molecule has 0 aromatic carbocycles. The van der Waals surface area contributed by atoms with E-state index in [9.17, 15) is 4.79 Å². The Morgan fingerprint density at radius 1 is 1.07 bits per heavy atom. The number of carbonyl (C=O) groups excluding carboxylic acids is 1. The van der Waals surface area contributed by atoms with Crippen molar-refractivity contribution in [1.82, 2.24) is 14.9 Å². The highest BCUT2D eigenvalue weighted by molar-refractivity contribution is 5.94. The lowest BCUT2D eigenvalue weighted by molar-refractivity contribution is 0.0793. The average molecular weight is 396 g/mol. The molecule has 1 aromatic heterocycles. The molecule has 2 rings (SSSR count). The highest BCUT2D eigenvalue weighted by atomic mass is 16.2. The van der Waals surface area contributed by atoms with Crippen molar-refractivity contribution in [3.05, 3.63) is 71.8 Å². The minimum Gasteiger partial charge on any atom is -0.396 e. The van der Waals surface area contributed by atoms with E-state index in [1.165, 1.54) is 0 Å². The number of amides is 1. The van der Waals surface area contributed by atoms with E-state index in [1.807, 2.05) is 42.2 Å². The van der Waals surface area contributed by atoms with Crippen molar-refractivity contribution in [2.75, 3.05) is 19.7 Å². The summed E-state index contributed by atoms with van der Waals surface area (Å²) >= 11 is 0. The molecule has 1 N–H and O–H groups in total. The zero-order valence-corrected chi connectivity index (χ0v) is 17.5.